The minimum absolute atomic E-state index is 0.297. The molecule has 0 atom stereocenters. The van der Waals surface area contributed by atoms with E-state index in [-0.39, 0.29) is 5.41 Å². The van der Waals surface area contributed by atoms with Gasteiger partial charge < -0.3 is 0 Å². The maximum Gasteiger partial charge on any atom is 0.160 e. The third kappa shape index (κ3) is 4.96. The van der Waals surface area contributed by atoms with Crippen molar-refractivity contribution < 1.29 is 0 Å². The van der Waals surface area contributed by atoms with Crippen molar-refractivity contribution in [2.75, 3.05) is 0 Å². The Bertz CT molecular complexity index is 2490. The molecule has 49 heavy (non-hydrogen) atoms. The average Bonchev–Trinajstić information content (AvgIpc) is 3.41. The van der Waals surface area contributed by atoms with Gasteiger partial charge in [0, 0.05) is 22.1 Å². The summed E-state index contributed by atoms with van der Waals surface area (Å²) in [5.41, 5.74) is 14.7. The van der Waals surface area contributed by atoms with E-state index in [0.29, 0.717) is 0 Å². The van der Waals surface area contributed by atoms with Crippen LogP contribution in [0.25, 0.3) is 77.9 Å². The second kappa shape index (κ2) is 11.5. The van der Waals surface area contributed by atoms with Gasteiger partial charge in [0.25, 0.3) is 0 Å². The zero-order valence-electron chi connectivity index (χ0n) is 27.6. The lowest BCUT2D eigenvalue weighted by Crippen LogP contribution is -2.18. The van der Waals surface area contributed by atoms with E-state index < -0.39 is 0 Å². The quantitative estimate of drug-likeness (QED) is 0.190. The molecule has 0 saturated carbocycles. The molecule has 0 fully saturated rings. The maximum atomic E-state index is 5.41. The predicted octanol–water partition coefficient (Wildman–Crippen LogP) is 12.3. The molecule has 0 spiro atoms. The van der Waals surface area contributed by atoms with E-state index in [0.717, 1.165) is 45.0 Å². The Labute approximate surface area is 287 Å². The van der Waals surface area contributed by atoms with Crippen molar-refractivity contribution in [2.45, 2.75) is 19.3 Å². The van der Waals surface area contributed by atoms with E-state index in [4.69, 9.17) is 9.97 Å². The number of hydrogen-bond acceptors (Lipinski definition) is 2. The van der Waals surface area contributed by atoms with Crippen molar-refractivity contribution >= 4 is 10.8 Å². The number of nitrogens with zero attached hydrogens (tertiary/aromatic N) is 2. The van der Waals surface area contributed by atoms with Gasteiger partial charge in [-0.2, -0.15) is 0 Å². The van der Waals surface area contributed by atoms with Crippen molar-refractivity contribution in [1.82, 2.24) is 9.97 Å². The lowest BCUT2D eigenvalue weighted by atomic mass is 9.82. The molecule has 0 unspecified atom stereocenters. The SMILES string of the molecule is CC1(C)c2nc(-c3cccc(-c4cccc(-c5ccc(-c6ccccc6)cc5)c4)c3)nc(-c3ccccc3)c2-c2ccc3ccccc3c21. The first-order chi connectivity index (χ1) is 24.0. The Kier molecular flexibility index (Phi) is 6.84. The van der Waals surface area contributed by atoms with E-state index in [2.05, 4.69) is 184 Å². The first-order valence-corrected chi connectivity index (χ1v) is 16.9. The summed E-state index contributed by atoms with van der Waals surface area (Å²) in [5, 5.41) is 2.53. The molecule has 232 valence electrons. The maximum absolute atomic E-state index is 5.41. The Hall–Kier alpha value is -6.12. The van der Waals surface area contributed by atoms with Gasteiger partial charge in [0.15, 0.2) is 5.82 Å². The fraction of sp³-hybridized carbons (Fsp3) is 0.0638. The van der Waals surface area contributed by atoms with Crippen LogP contribution < -0.4 is 0 Å². The van der Waals surface area contributed by atoms with Gasteiger partial charge in [0.2, 0.25) is 0 Å². The summed E-state index contributed by atoms with van der Waals surface area (Å²) in [4.78, 5) is 10.8. The summed E-state index contributed by atoms with van der Waals surface area (Å²) in [7, 11) is 0. The van der Waals surface area contributed by atoms with E-state index in [1.807, 2.05) is 0 Å². The third-order valence-corrected chi connectivity index (χ3v) is 10.0. The van der Waals surface area contributed by atoms with Gasteiger partial charge in [-0.05, 0) is 67.4 Å². The van der Waals surface area contributed by atoms with Crippen LogP contribution in [0.15, 0.2) is 170 Å². The minimum atomic E-state index is -0.297. The lowest BCUT2D eigenvalue weighted by molar-refractivity contribution is 0.641. The van der Waals surface area contributed by atoms with Crippen LogP contribution in [-0.2, 0) is 5.41 Å². The molecule has 0 radical (unpaired) electrons. The summed E-state index contributed by atoms with van der Waals surface area (Å²) in [6.45, 7) is 4.62. The van der Waals surface area contributed by atoms with Crippen molar-refractivity contribution in [3.8, 4) is 67.2 Å². The van der Waals surface area contributed by atoms with Gasteiger partial charge in [0.05, 0.1) is 11.4 Å². The second-order valence-electron chi connectivity index (χ2n) is 13.4. The van der Waals surface area contributed by atoms with Gasteiger partial charge >= 0.3 is 0 Å². The van der Waals surface area contributed by atoms with Gasteiger partial charge in [-0.25, -0.2) is 9.97 Å². The number of rotatable bonds is 5. The molecule has 0 aliphatic heterocycles. The highest BCUT2D eigenvalue weighted by atomic mass is 14.9. The Morgan fingerprint density at radius 1 is 0.408 bits per heavy atom. The van der Waals surface area contributed by atoms with Crippen LogP contribution in [0.4, 0.5) is 0 Å². The molecule has 1 aliphatic rings. The predicted molar refractivity (Wildman–Crippen MR) is 204 cm³/mol. The Balaban J connectivity index is 1.14. The first-order valence-electron chi connectivity index (χ1n) is 16.9. The molecule has 9 rings (SSSR count). The number of hydrogen-bond donors (Lipinski definition) is 0. The molecule has 0 amide bonds. The minimum Gasteiger partial charge on any atom is -0.231 e. The van der Waals surface area contributed by atoms with Crippen LogP contribution in [0.2, 0.25) is 0 Å². The normalized spacial score (nSPS) is 12.9. The number of fused-ring (bicyclic) bond motifs is 5. The van der Waals surface area contributed by atoms with Gasteiger partial charge in [-0.3, -0.25) is 0 Å². The highest BCUT2D eigenvalue weighted by Gasteiger charge is 2.41. The van der Waals surface area contributed by atoms with E-state index in [9.17, 15) is 0 Å². The highest BCUT2D eigenvalue weighted by Crippen LogP contribution is 2.53. The molecule has 0 N–H and O–H groups in total. The molecule has 1 aromatic heterocycles. The van der Waals surface area contributed by atoms with E-state index in [1.165, 1.54) is 44.2 Å². The molecule has 2 heteroatoms. The van der Waals surface area contributed by atoms with E-state index in [1.54, 1.807) is 0 Å². The van der Waals surface area contributed by atoms with Crippen LogP contribution in [0.3, 0.4) is 0 Å². The van der Waals surface area contributed by atoms with Crippen molar-refractivity contribution in [2.24, 2.45) is 0 Å². The average molecular weight is 627 g/mol. The van der Waals surface area contributed by atoms with Gasteiger partial charge in [-0.1, -0.05) is 172 Å². The smallest absolute Gasteiger partial charge is 0.160 e. The van der Waals surface area contributed by atoms with Crippen LogP contribution >= 0.6 is 0 Å². The van der Waals surface area contributed by atoms with Gasteiger partial charge in [0.1, 0.15) is 0 Å². The molecular weight excluding hydrogens is 593 g/mol. The van der Waals surface area contributed by atoms with Crippen molar-refractivity contribution in [1.29, 1.82) is 0 Å². The molecule has 7 aromatic carbocycles. The topological polar surface area (TPSA) is 25.8 Å². The highest BCUT2D eigenvalue weighted by molar-refractivity contribution is 6.00. The number of benzene rings is 7. The monoisotopic (exact) mass is 626 g/mol. The molecule has 1 heterocycles. The fourth-order valence-electron chi connectivity index (χ4n) is 7.58. The molecular formula is C47H34N2. The summed E-state index contributed by atoms with van der Waals surface area (Å²) in [6, 6.07) is 60.6. The third-order valence-electron chi connectivity index (χ3n) is 10.0. The first kappa shape index (κ1) is 29.1. The van der Waals surface area contributed by atoms with Crippen LogP contribution in [0.5, 0.6) is 0 Å². The van der Waals surface area contributed by atoms with Crippen LogP contribution in [0, 0.1) is 0 Å². The Morgan fingerprint density at radius 3 is 1.61 bits per heavy atom. The summed E-state index contributed by atoms with van der Waals surface area (Å²) in [6.07, 6.45) is 0. The van der Waals surface area contributed by atoms with Crippen molar-refractivity contribution in [3.63, 3.8) is 0 Å². The van der Waals surface area contributed by atoms with Crippen LogP contribution in [0.1, 0.15) is 25.1 Å². The zero-order chi connectivity index (χ0) is 33.0. The van der Waals surface area contributed by atoms with Gasteiger partial charge in [-0.15, -0.1) is 0 Å². The molecule has 0 saturated heterocycles. The lowest BCUT2D eigenvalue weighted by Gasteiger charge is -2.22. The standard InChI is InChI=1S/C47H34N2/c1-47(2)43-40-22-10-9-15-34(40)27-28-41(43)42-44(35-16-7-4-8-17-35)48-46(49-45(42)47)39-21-12-20-38(30-39)37-19-11-18-36(29-37)33-25-23-32(24-26-33)31-13-5-3-6-14-31/h3-30H,1-2H3. The van der Waals surface area contributed by atoms with Crippen molar-refractivity contribution in [3.05, 3.63) is 181 Å². The van der Waals surface area contributed by atoms with E-state index >= 15 is 0 Å². The zero-order valence-corrected chi connectivity index (χ0v) is 27.6. The molecule has 1 aliphatic carbocycles. The fourth-order valence-corrected chi connectivity index (χ4v) is 7.58. The summed E-state index contributed by atoms with van der Waals surface area (Å²) >= 11 is 0. The Morgan fingerprint density at radius 2 is 0.918 bits per heavy atom. The largest absolute Gasteiger partial charge is 0.231 e. The van der Waals surface area contributed by atoms with Crippen LogP contribution in [-0.4, -0.2) is 9.97 Å². The summed E-state index contributed by atoms with van der Waals surface area (Å²) < 4.78 is 0. The number of aromatic nitrogens is 2. The second-order valence-corrected chi connectivity index (χ2v) is 13.4. The molecule has 8 aromatic rings. The molecule has 0 bridgehead atoms. The summed E-state index contributed by atoms with van der Waals surface area (Å²) in [5.74, 6) is 0.747. The molecule has 2 nitrogen and oxygen atoms in total.